The Labute approximate surface area is 294 Å². The van der Waals surface area contributed by atoms with E-state index in [4.69, 9.17) is 42.7 Å². The molecule has 3 aromatic carbocycles. The van der Waals surface area contributed by atoms with Gasteiger partial charge in [0.1, 0.15) is 45.3 Å². The molecule has 0 N–H and O–H groups in total. The van der Waals surface area contributed by atoms with E-state index < -0.39 is 9.85 Å². The van der Waals surface area contributed by atoms with Crippen LogP contribution in [-0.2, 0) is 13.2 Å². The number of aromatic nitrogens is 2. The molecule has 12 nitrogen and oxygen atoms in total. The van der Waals surface area contributed by atoms with Gasteiger partial charge in [-0.05, 0) is 61.2 Å². The lowest BCUT2D eigenvalue weighted by Gasteiger charge is -2.12. The maximum absolute atomic E-state index is 11.4. The van der Waals surface area contributed by atoms with Gasteiger partial charge < -0.3 is 14.2 Å². The molecule has 238 valence electrons. The van der Waals surface area contributed by atoms with Crippen molar-refractivity contribution in [2.24, 2.45) is 0 Å². The second-order valence-corrected chi connectivity index (χ2v) is 11.5. The monoisotopic (exact) mass is 801 g/mol. The van der Waals surface area contributed by atoms with Crippen LogP contribution in [-0.4, -0.2) is 19.8 Å². The number of nitro groups is 2. The number of benzene rings is 3. The summed E-state index contributed by atoms with van der Waals surface area (Å²) in [5.41, 5.74) is 1.50. The minimum Gasteiger partial charge on any atom is -0.472 e. The normalized spacial score (nSPS) is 10.2. The Hall–Kier alpha value is -4.81. The first-order valence-electron chi connectivity index (χ1n) is 13.1. The molecule has 0 aliphatic carbocycles. The Morgan fingerprint density at radius 3 is 1.79 bits per heavy atom. The van der Waals surface area contributed by atoms with Crippen molar-refractivity contribution < 1.29 is 24.1 Å². The molecule has 2 aromatic heterocycles. The van der Waals surface area contributed by atoms with E-state index in [0.29, 0.717) is 6.61 Å². The fourth-order valence-electron chi connectivity index (χ4n) is 3.70. The Kier molecular flexibility index (Phi) is 12.4. The third-order valence-corrected chi connectivity index (χ3v) is 8.15. The smallest absolute Gasteiger partial charge is 0.331 e. The van der Waals surface area contributed by atoms with Gasteiger partial charge in [0.15, 0.2) is 0 Å². The van der Waals surface area contributed by atoms with Crippen molar-refractivity contribution in [1.82, 2.24) is 9.97 Å². The van der Waals surface area contributed by atoms with Gasteiger partial charge in [-0.2, -0.15) is 5.26 Å². The molecule has 0 spiro atoms. The molecule has 16 heteroatoms. The van der Waals surface area contributed by atoms with Crippen molar-refractivity contribution >= 4 is 66.4 Å². The van der Waals surface area contributed by atoms with Crippen LogP contribution in [0.4, 0.5) is 11.4 Å². The molecule has 47 heavy (non-hydrogen) atoms. The summed E-state index contributed by atoms with van der Waals surface area (Å²) in [6, 6.07) is 25.2. The second-order valence-electron chi connectivity index (χ2n) is 9.12. The van der Waals surface area contributed by atoms with Crippen molar-refractivity contribution in [2.75, 3.05) is 0 Å². The number of pyridine rings is 2. The number of hydrogen-bond donors (Lipinski definition) is 0. The van der Waals surface area contributed by atoms with Crippen molar-refractivity contribution in [3.8, 4) is 29.3 Å². The minimum absolute atomic E-state index is 0.0249. The maximum Gasteiger partial charge on any atom is 0.331 e. The molecule has 0 amide bonds. The number of halogens is 4. The van der Waals surface area contributed by atoms with E-state index in [2.05, 4.69) is 41.8 Å². The summed E-state index contributed by atoms with van der Waals surface area (Å²) >= 11 is 18.3. The predicted octanol–water partition coefficient (Wildman–Crippen LogP) is 9.63. The number of nitrogens with zero attached hydrogens (tertiary/aromatic N) is 5. The Bertz CT molecular complexity index is 1950. The molecule has 0 fully saturated rings. The molecule has 0 aliphatic heterocycles. The van der Waals surface area contributed by atoms with Crippen molar-refractivity contribution in [3.63, 3.8) is 0 Å². The van der Waals surface area contributed by atoms with E-state index in [0.717, 1.165) is 23.5 Å². The predicted molar refractivity (Wildman–Crippen MR) is 180 cm³/mol. The SMILES string of the molecule is N#Cc1cc(Cl)cc(Oc2c([N+](=O)[O-])cnc(OCc3ccccc3)c2Br)c1.O=[N+]([O-])c1cnc(OCc2ccccc2)c(Br)c1Cl. The van der Waals surface area contributed by atoms with Gasteiger partial charge in [0.25, 0.3) is 0 Å². The van der Waals surface area contributed by atoms with E-state index in [1.54, 1.807) is 0 Å². The maximum atomic E-state index is 11.4. The Morgan fingerprint density at radius 1 is 0.766 bits per heavy atom. The van der Waals surface area contributed by atoms with E-state index in [1.807, 2.05) is 66.7 Å². The molecule has 0 radical (unpaired) electrons. The van der Waals surface area contributed by atoms with Crippen LogP contribution in [0, 0.1) is 31.6 Å². The summed E-state index contributed by atoms with van der Waals surface area (Å²) in [6.07, 6.45) is 2.13. The first kappa shape index (κ1) is 35.1. The summed E-state index contributed by atoms with van der Waals surface area (Å²) in [5, 5.41) is 31.4. The van der Waals surface area contributed by atoms with Crippen LogP contribution < -0.4 is 14.2 Å². The first-order chi connectivity index (χ1) is 22.6. The molecule has 5 rings (SSSR count). The summed E-state index contributed by atoms with van der Waals surface area (Å²) < 4.78 is 17.3. The van der Waals surface area contributed by atoms with Crippen LogP contribution in [0.25, 0.3) is 0 Å². The van der Waals surface area contributed by atoms with Gasteiger partial charge in [-0.1, -0.05) is 83.9 Å². The van der Waals surface area contributed by atoms with Gasteiger partial charge in [-0.3, -0.25) is 20.2 Å². The highest BCUT2D eigenvalue weighted by atomic mass is 79.9. The van der Waals surface area contributed by atoms with Crippen LogP contribution >= 0.6 is 55.1 Å². The van der Waals surface area contributed by atoms with Crippen LogP contribution in [0.15, 0.2) is 100 Å². The summed E-state index contributed by atoms with van der Waals surface area (Å²) in [7, 11) is 0. The third-order valence-electron chi connectivity index (χ3n) is 5.88. The second kappa shape index (κ2) is 16.7. The quantitative estimate of drug-likeness (QED) is 0.0981. The summed E-state index contributed by atoms with van der Waals surface area (Å²) in [5.74, 6) is 0.425. The van der Waals surface area contributed by atoms with E-state index in [1.165, 1.54) is 18.2 Å². The highest BCUT2D eigenvalue weighted by Gasteiger charge is 2.25. The van der Waals surface area contributed by atoms with E-state index >= 15 is 0 Å². The largest absolute Gasteiger partial charge is 0.472 e. The molecule has 0 saturated carbocycles. The molecular weight excluding hydrogens is 785 g/mol. The lowest BCUT2D eigenvalue weighted by Crippen LogP contribution is -2.01. The lowest BCUT2D eigenvalue weighted by molar-refractivity contribution is -0.386. The van der Waals surface area contributed by atoms with Crippen molar-refractivity contribution in [3.05, 3.63) is 147 Å². The number of nitriles is 1. The summed E-state index contributed by atoms with van der Waals surface area (Å²) in [6.45, 7) is 0.528. The van der Waals surface area contributed by atoms with Gasteiger partial charge in [0.2, 0.25) is 17.5 Å². The average molecular weight is 804 g/mol. The first-order valence-corrected chi connectivity index (χ1v) is 15.4. The van der Waals surface area contributed by atoms with Gasteiger partial charge in [-0.15, -0.1) is 0 Å². The fraction of sp³-hybridized carbons (Fsp3) is 0.0645. The molecule has 0 unspecified atom stereocenters. The van der Waals surface area contributed by atoms with Crippen LogP contribution in [0.5, 0.6) is 23.3 Å². The van der Waals surface area contributed by atoms with Gasteiger partial charge in [0.05, 0.1) is 21.5 Å². The van der Waals surface area contributed by atoms with Gasteiger partial charge in [0, 0.05) is 5.02 Å². The van der Waals surface area contributed by atoms with Crippen molar-refractivity contribution in [1.29, 1.82) is 5.26 Å². The highest BCUT2D eigenvalue weighted by molar-refractivity contribution is 9.11. The lowest BCUT2D eigenvalue weighted by atomic mass is 10.2. The molecule has 0 saturated heterocycles. The standard InChI is InChI=1S/C19H11BrClN3O4.C12H8BrClN2O3/c20-17-18(28-15-7-13(9-22)6-14(21)8-15)16(24(25)26)10-23-19(17)27-11-12-4-2-1-3-5-12;13-10-11(14)9(16(17)18)6-15-12(10)19-7-8-4-2-1-3-5-8/h1-8,10H,11H2;1-6H,7H2. The average Bonchev–Trinajstić information content (AvgIpc) is 3.06. The number of rotatable bonds is 10. The zero-order valence-electron chi connectivity index (χ0n) is 23.7. The molecule has 0 bridgehead atoms. The molecule has 5 aromatic rings. The molecule has 0 aliphatic rings. The highest BCUT2D eigenvalue weighted by Crippen LogP contribution is 2.43. The Balaban J connectivity index is 0.000000229. The topological polar surface area (TPSA) is 164 Å². The van der Waals surface area contributed by atoms with E-state index in [9.17, 15) is 20.2 Å². The van der Waals surface area contributed by atoms with Crippen LogP contribution in [0.2, 0.25) is 10.0 Å². The van der Waals surface area contributed by atoms with Gasteiger partial charge in [-0.25, -0.2) is 9.97 Å². The zero-order valence-corrected chi connectivity index (χ0v) is 28.4. The molecular formula is C31H19Br2Cl2N5O7. The van der Waals surface area contributed by atoms with Crippen LogP contribution in [0.1, 0.15) is 16.7 Å². The third kappa shape index (κ3) is 9.60. The Morgan fingerprint density at radius 2 is 1.28 bits per heavy atom. The molecule has 0 atom stereocenters. The number of ether oxygens (including phenoxy) is 3. The van der Waals surface area contributed by atoms with E-state index in [-0.39, 0.29) is 65.8 Å². The number of hydrogen-bond acceptors (Lipinski definition) is 10. The zero-order chi connectivity index (χ0) is 33.9. The van der Waals surface area contributed by atoms with Crippen molar-refractivity contribution in [2.45, 2.75) is 13.2 Å². The minimum atomic E-state index is -0.621. The van der Waals surface area contributed by atoms with Gasteiger partial charge >= 0.3 is 11.4 Å². The summed E-state index contributed by atoms with van der Waals surface area (Å²) in [4.78, 5) is 28.7. The fourth-order valence-corrected chi connectivity index (χ4v) is 5.04. The molecule has 2 heterocycles. The van der Waals surface area contributed by atoms with Crippen LogP contribution in [0.3, 0.4) is 0 Å².